The second-order valence-electron chi connectivity index (χ2n) is 3.26. The molecule has 2 aromatic rings. The number of nitrogens with two attached hydrogens (primary N) is 1. The average molecular weight is 313 g/mol. The zero-order chi connectivity index (χ0) is 12.3. The molecule has 7 heteroatoms. The molecule has 0 bridgehead atoms. The first kappa shape index (κ1) is 12.0. The van der Waals surface area contributed by atoms with E-state index in [-0.39, 0.29) is 0 Å². The fraction of sp³-hybridized carbons (Fsp3) is 0.100. The lowest BCUT2D eigenvalue weighted by Gasteiger charge is -2.07. The van der Waals surface area contributed by atoms with Crippen molar-refractivity contribution in [1.82, 2.24) is 10.1 Å². The number of nitrogens with one attached hydrogen (secondary N) is 1. The highest BCUT2D eigenvalue weighted by molar-refractivity contribution is 9.10. The van der Waals surface area contributed by atoms with Gasteiger partial charge in [0.25, 0.3) is 0 Å². The number of halogens is 1. The average Bonchev–Trinajstić information content (AvgIpc) is 2.78. The third kappa shape index (κ3) is 3.01. The van der Waals surface area contributed by atoms with Crippen molar-refractivity contribution in [3.8, 4) is 0 Å². The van der Waals surface area contributed by atoms with Crippen molar-refractivity contribution in [3.05, 3.63) is 40.5 Å². The zero-order valence-electron chi connectivity index (χ0n) is 8.68. The molecule has 0 spiro atoms. The van der Waals surface area contributed by atoms with Crippen molar-refractivity contribution < 1.29 is 4.52 Å². The minimum Gasteiger partial charge on any atom is -0.389 e. The molecule has 0 aliphatic carbocycles. The Morgan fingerprint density at radius 2 is 2.35 bits per heavy atom. The van der Waals surface area contributed by atoms with Gasteiger partial charge in [0, 0.05) is 15.7 Å². The molecule has 0 fully saturated rings. The zero-order valence-corrected chi connectivity index (χ0v) is 11.1. The SMILES string of the molecule is NC(=S)c1ccc(NCc2ncon2)cc1Br. The Hall–Kier alpha value is -1.47. The Balaban J connectivity index is 2.07. The fourth-order valence-electron chi connectivity index (χ4n) is 1.28. The Kier molecular flexibility index (Phi) is 3.70. The van der Waals surface area contributed by atoms with E-state index in [1.165, 1.54) is 6.39 Å². The molecule has 17 heavy (non-hydrogen) atoms. The first-order chi connectivity index (χ1) is 8.16. The van der Waals surface area contributed by atoms with Gasteiger partial charge >= 0.3 is 0 Å². The summed E-state index contributed by atoms with van der Waals surface area (Å²) in [6.07, 6.45) is 1.29. The highest BCUT2D eigenvalue weighted by atomic mass is 79.9. The van der Waals surface area contributed by atoms with Gasteiger partial charge in [0.1, 0.15) is 4.99 Å². The topological polar surface area (TPSA) is 77.0 Å². The summed E-state index contributed by atoms with van der Waals surface area (Å²) >= 11 is 8.33. The van der Waals surface area contributed by atoms with E-state index in [4.69, 9.17) is 18.0 Å². The summed E-state index contributed by atoms with van der Waals surface area (Å²) < 4.78 is 5.48. The van der Waals surface area contributed by atoms with Crippen LogP contribution in [0.4, 0.5) is 5.69 Å². The minimum absolute atomic E-state index is 0.363. The molecule has 0 aliphatic heterocycles. The van der Waals surface area contributed by atoms with Crippen LogP contribution in [0, 0.1) is 0 Å². The van der Waals surface area contributed by atoms with Crippen molar-refractivity contribution in [2.24, 2.45) is 5.73 Å². The third-order valence-corrected chi connectivity index (χ3v) is 2.97. The van der Waals surface area contributed by atoms with Crippen LogP contribution in [0.2, 0.25) is 0 Å². The van der Waals surface area contributed by atoms with Gasteiger partial charge in [0.15, 0.2) is 5.82 Å². The molecule has 0 radical (unpaired) electrons. The summed E-state index contributed by atoms with van der Waals surface area (Å²) in [5, 5.41) is 6.85. The van der Waals surface area contributed by atoms with Gasteiger partial charge in [-0.15, -0.1) is 0 Å². The van der Waals surface area contributed by atoms with Crippen molar-refractivity contribution >= 4 is 38.8 Å². The molecule has 0 saturated carbocycles. The summed E-state index contributed by atoms with van der Waals surface area (Å²) in [6, 6.07) is 5.64. The summed E-state index contributed by atoms with van der Waals surface area (Å²) in [5.74, 6) is 0.597. The number of anilines is 1. The molecule has 1 heterocycles. The Morgan fingerprint density at radius 3 is 2.94 bits per heavy atom. The minimum atomic E-state index is 0.363. The molecule has 2 rings (SSSR count). The number of aromatic nitrogens is 2. The van der Waals surface area contributed by atoms with Crippen molar-refractivity contribution in [2.75, 3.05) is 5.32 Å². The van der Waals surface area contributed by atoms with Gasteiger partial charge < -0.3 is 15.6 Å². The van der Waals surface area contributed by atoms with Crippen LogP contribution in [0.25, 0.3) is 0 Å². The number of nitrogens with zero attached hydrogens (tertiary/aromatic N) is 2. The molecule has 0 atom stereocenters. The monoisotopic (exact) mass is 312 g/mol. The predicted molar refractivity (Wildman–Crippen MR) is 71.7 cm³/mol. The van der Waals surface area contributed by atoms with E-state index in [0.29, 0.717) is 17.4 Å². The summed E-state index contributed by atoms with van der Waals surface area (Å²) in [5.41, 5.74) is 7.29. The van der Waals surface area contributed by atoms with Crippen LogP contribution in [-0.2, 0) is 6.54 Å². The van der Waals surface area contributed by atoms with E-state index in [1.807, 2.05) is 18.2 Å². The number of hydrogen-bond acceptors (Lipinski definition) is 5. The third-order valence-electron chi connectivity index (χ3n) is 2.09. The van der Waals surface area contributed by atoms with Gasteiger partial charge in [-0.1, -0.05) is 17.4 Å². The maximum atomic E-state index is 5.56. The van der Waals surface area contributed by atoms with Crippen LogP contribution in [0.1, 0.15) is 11.4 Å². The summed E-state index contributed by atoms with van der Waals surface area (Å²) in [4.78, 5) is 4.27. The molecule has 0 saturated heterocycles. The standard InChI is InChI=1S/C10H9BrN4OS/c11-8-3-6(1-2-7(8)10(12)17)13-4-9-14-5-16-15-9/h1-3,5,13H,4H2,(H2,12,17). The lowest BCUT2D eigenvalue weighted by atomic mass is 10.2. The molecule has 3 N–H and O–H groups in total. The van der Waals surface area contributed by atoms with E-state index >= 15 is 0 Å². The summed E-state index contributed by atoms with van der Waals surface area (Å²) in [7, 11) is 0. The van der Waals surface area contributed by atoms with E-state index in [0.717, 1.165) is 15.7 Å². The molecule has 1 aromatic carbocycles. The normalized spacial score (nSPS) is 10.2. The molecule has 5 nitrogen and oxygen atoms in total. The number of benzene rings is 1. The Morgan fingerprint density at radius 1 is 1.53 bits per heavy atom. The number of rotatable bonds is 4. The van der Waals surface area contributed by atoms with Crippen molar-refractivity contribution in [1.29, 1.82) is 0 Å². The second-order valence-corrected chi connectivity index (χ2v) is 4.55. The van der Waals surface area contributed by atoms with E-state index in [9.17, 15) is 0 Å². The van der Waals surface area contributed by atoms with Gasteiger partial charge in [-0.05, 0) is 34.1 Å². The van der Waals surface area contributed by atoms with Gasteiger partial charge in [-0.25, -0.2) is 0 Å². The maximum Gasteiger partial charge on any atom is 0.213 e. The van der Waals surface area contributed by atoms with Gasteiger partial charge in [0.2, 0.25) is 6.39 Å². The Bertz CT molecular complexity index is 529. The smallest absolute Gasteiger partial charge is 0.213 e. The maximum absolute atomic E-state index is 5.56. The van der Waals surface area contributed by atoms with Crippen molar-refractivity contribution in [3.63, 3.8) is 0 Å². The molecular weight excluding hydrogens is 304 g/mol. The van der Waals surface area contributed by atoms with Crippen LogP contribution in [0.3, 0.4) is 0 Å². The van der Waals surface area contributed by atoms with Crippen LogP contribution >= 0.6 is 28.1 Å². The van der Waals surface area contributed by atoms with Crippen LogP contribution < -0.4 is 11.1 Å². The number of thiocarbonyl (C=S) groups is 1. The molecule has 0 amide bonds. The predicted octanol–water partition coefficient (Wildman–Crippen LogP) is 2.08. The first-order valence-electron chi connectivity index (χ1n) is 4.75. The highest BCUT2D eigenvalue weighted by Crippen LogP contribution is 2.21. The van der Waals surface area contributed by atoms with Gasteiger partial charge in [-0.2, -0.15) is 4.98 Å². The number of hydrogen-bond donors (Lipinski definition) is 2. The largest absolute Gasteiger partial charge is 0.389 e. The summed E-state index contributed by atoms with van der Waals surface area (Å²) in [6.45, 7) is 0.495. The molecular formula is C10H9BrN4OS. The lowest BCUT2D eigenvalue weighted by molar-refractivity contribution is 0.411. The lowest BCUT2D eigenvalue weighted by Crippen LogP contribution is -2.10. The quantitative estimate of drug-likeness (QED) is 0.842. The fourth-order valence-corrected chi connectivity index (χ4v) is 2.18. The van der Waals surface area contributed by atoms with Gasteiger partial charge in [0.05, 0.1) is 6.54 Å². The van der Waals surface area contributed by atoms with Crippen LogP contribution in [-0.4, -0.2) is 15.1 Å². The van der Waals surface area contributed by atoms with Crippen molar-refractivity contribution in [2.45, 2.75) is 6.54 Å². The van der Waals surface area contributed by atoms with E-state index in [1.54, 1.807) is 0 Å². The van der Waals surface area contributed by atoms with Crippen LogP contribution in [0.15, 0.2) is 33.6 Å². The highest BCUT2D eigenvalue weighted by Gasteiger charge is 2.04. The second kappa shape index (κ2) is 5.24. The molecule has 88 valence electrons. The molecule has 1 aromatic heterocycles. The first-order valence-corrected chi connectivity index (χ1v) is 5.95. The van der Waals surface area contributed by atoms with Crippen LogP contribution in [0.5, 0.6) is 0 Å². The van der Waals surface area contributed by atoms with E-state index in [2.05, 4.69) is 35.9 Å². The Labute approximate surface area is 112 Å². The molecule has 0 unspecified atom stereocenters. The van der Waals surface area contributed by atoms with E-state index < -0.39 is 0 Å². The molecule has 0 aliphatic rings. The van der Waals surface area contributed by atoms with Gasteiger partial charge in [-0.3, -0.25) is 0 Å².